The third-order valence-electron chi connectivity index (χ3n) is 5.33. The number of fused-ring (bicyclic) bond motifs is 1. The zero-order valence-electron chi connectivity index (χ0n) is 16.2. The van der Waals surface area contributed by atoms with Crippen LogP contribution in [-0.2, 0) is 11.4 Å². The Labute approximate surface area is 173 Å². The summed E-state index contributed by atoms with van der Waals surface area (Å²) in [5.41, 5.74) is 3.39. The van der Waals surface area contributed by atoms with Crippen molar-refractivity contribution in [3.05, 3.63) is 96.2 Å². The number of hydrogen-bond acceptors (Lipinski definition) is 3. The summed E-state index contributed by atoms with van der Waals surface area (Å²) in [6, 6.07) is 19.6. The molecule has 0 bridgehead atoms. The van der Waals surface area contributed by atoms with E-state index >= 15 is 0 Å². The number of aromatic nitrogens is 2. The van der Waals surface area contributed by atoms with E-state index in [1.165, 1.54) is 12.1 Å². The quantitative estimate of drug-likeness (QED) is 0.505. The van der Waals surface area contributed by atoms with Crippen molar-refractivity contribution in [3.63, 3.8) is 0 Å². The van der Waals surface area contributed by atoms with Crippen LogP contribution in [0.5, 0.6) is 5.75 Å². The first-order chi connectivity index (χ1) is 14.7. The number of nitrogens with zero attached hydrogens (tertiary/aromatic N) is 2. The first kappa shape index (κ1) is 18.4. The fraction of sp³-hybridized carbons (Fsp3) is 0.167. The predicted molar refractivity (Wildman–Crippen MR) is 112 cm³/mol. The highest BCUT2D eigenvalue weighted by Crippen LogP contribution is 2.48. The van der Waals surface area contributed by atoms with Crippen molar-refractivity contribution < 1.29 is 13.9 Å². The van der Waals surface area contributed by atoms with Crippen LogP contribution in [0.1, 0.15) is 23.6 Å². The Morgan fingerprint density at radius 1 is 1.13 bits per heavy atom. The van der Waals surface area contributed by atoms with Gasteiger partial charge in [-0.3, -0.25) is 4.79 Å². The molecule has 0 aliphatic heterocycles. The van der Waals surface area contributed by atoms with E-state index in [1.54, 1.807) is 12.1 Å². The summed E-state index contributed by atoms with van der Waals surface area (Å²) in [5, 5.41) is 2.96. The Balaban J connectivity index is 1.19. The van der Waals surface area contributed by atoms with Crippen LogP contribution in [0.3, 0.4) is 0 Å². The summed E-state index contributed by atoms with van der Waals surface area (Å²) in [7, 11) is 0. The fourth-order valence-corrected chi connectivity index (χ4v) is 3.68. The summed E-state index contributed by atoms with van der Waals surface area (Å²) >= 11 is 0. The highest BCUT2D eigenvalue weighted by Gasteiger charge is 2.43. The molecule has 6 heteroatoms. The number of benzene rings is 2. The Hall–Kier alpha value is -3.67. The molecule has 5 nitrogen and oxygen atoms in total. The minimum atomic E-state index is -0.263. The lowest BCUT2D eigenvalue weighted by molar-refractivity contribution is -0.117. The standard InChI is InChI=1S/C24H20FN3O2/c25-17-9-7-16(8-10-17)21-13-22(21)24(29)27-18-4-3-5-20(12-18)30-15-19-14-28-11-2-1-6-23(28)26-19/h1-12,14,21-22H,13,15H2,(H,27,29). The van der Waals surface area contributed by atoms with E-state index < -0.39 is 0 Å². The molecule has 2 heterocycles. The van der Waals surface area contributed by atoms with E-state index in [-0.39, 0.29) is 23.6 Å². The van der Waals surface area contributed by atoms with Crippen molar-refractivity contribution in [1.29, 1.82) is 0 Å². The maximum absolute atomic E-state index is 13.1. The molecule has 1 fully saturated rings. The SMILES string of the molecule is O=C(Nc1cccc(OCc2cn3ccccc3n2)c1)C1CC1c1ccc(F)cc1. The molecule has 150 valence electrons. The predicted octanol–water partition coefficient (Wildman–Crippen LogP) is 4.79. The molecule has 1 aliphatic carbocycles. The first-order valence-corrected chi connectivity index (χ1v) is 9.87. The molecule has 2 atom stereocenters. The third kappa shape index (κ3) is 3.89. The van der Waals surface area contributed by atoms with Crippen LogP contribution >= 0.6 is 0 Å². The highest BCUT2D eigenvalue weighted by atomic mass is 19.1. The molecule has 2 aromatic heterocycles. The van der Waals surface area contributed by atoms with Crippen LogP contribution < -0.4 is 10.1 Å². The van der Waals surface area contributed by atoms with Gasteiger partial charge in [-0.15, -0.1) is 0 Å². The van der Waals surface area contributed by atoms with Gasteiger partial charge < -0.3 is 14.5 Å². The third-order valence-corrected chi connectivity index (χ3v) is 5.33. The molecule has 0 spiro atoms. The summed E-state index contributed by atoms with van der Waals surface area (Å²) < 4.78 is 20.9. The largest absolute Gasteiger partial charge is 0.487 e. The molecule has 0 radical (unpaired) electrons. The zero-order chi connectivity index (χ0) is 20.5. The number of hydrogen-bond donors (Lipinski definition) is 1. The number of anilines is 1. The Morgan fingerprint density at radius 2 is 2.00 bits per heavy atom. The van der Waals surface area contributed by atoms with E-state index in [2.05, 4.69) is 10.3 Å². The summed E-state index contributed by atoms with van der Waals surface area (Å²) in [5.74, 6) is 0.441. The molecule has 1 saturated carbocycles. The van der Waals surface area contributed by atoms with Crippen LogP contribution in [-0.4, -0.2) is 15.3 Å². The van der Waals surface area contributed by atoms with E-state index in [9.17, 15) is 9.18 Å². The number of halogens is 1. The Morgan fingerprint density at radius 3 is 2.83 bits per heavy atom. The van der Waals surface area contributed by atoms with Crippen molar-refractivity contribution in [2.45, 2.75) is 18.9 Å². The van der Waals surface area contributed by atoms with Crippen molar-refractivity contribution in [1.82, 2.24) is 9.38 Å². The Kier molecular flexibility index (Phi) is 4.67. The van der Waals surface area contributed by atoms with E-state index in [4.69, 9.17) is 4.74 Å². The first-order valence-electron chi connectivity index (χ1n) is 9.87. The number of nitrogens with one attached hydrogen (secondary N) is 1. The van der Waals surface area contributed by atoms with Gasteiger partial charge in [0.2, 0.25) is 5.91 Å². The minimum Gasteiger partial charge on any atom is -0.487 e. The molecular weight excluding hydrogens is 381 g/mol. The van der Waals surface area contributed by atoms with E-state index in [0.29, 0.717) is 18.0 Å². The van der Waals surface area contributed by atoms with Gasteiger partial charge in [0.15, 0.2) is 0 Å². The number of imidazole rings is 1. The van der Waals surface area contributed by atoms with Gasteiger partial charge in [-0.1, -0.05) is 24.3 Å². The summed E-state index contributed by atoms with van der Waals surface area (Å²) in [6.07, 6.45) is 4.66. The molecule has 0 saturated heterocycles. The van der Waals surface area contributed by atoms with Gasteiger partial charge in [0.1, 0.15) is 23.8 Å². The number of pyridine rings is 1. The van der Waals surface area contributed by atoms with Crippen LogP contribution in [0.4, 0.5) is 10.1 Å². The lowest BCUT2D eigenvalue weighted by atomic mass is 10.1. The van der Waals surface area contributed by atoms with Gasteiger partial charge in [-0.25, -0.2) is 9.37 Å². The van der Waals surface area contributed by atoms with Crippen LogP contribution in [0, 0.1) is 11.7 Å². The Bertz CT molecular complexity index is 1170. The number of rotatable bonds is 6. The van der Waals surface area contributed by atoms with Crippen molar-refractivity contribution in [2.75, 3.05) is 5.32 Å². The topological polar surface area (TPSA) is 55.6 Å². The highest BCUT2D eigenvalue weighted by molar-refractivity contribution is 5.95. The average molecular weight is 401 g/mol. The molecule has 4 aromatic rings. The second-order valence-electron chi connectivity index (χ2n) is 7.50. The number of carbonyl (C=O) groups is 1. The van der Waals surface area contributed by atoms with Gasteiger partial charge in [0, 0.05) is 30.1 Å². The molecule has 1 aliphatic rings. The smallest absolute Gasteiger partial charge is 0.228 e. The van der Waals surface area contributed by atoms with E-state index in [0.717, 1.165) is 23.3 Å². The molecule has 30 heavy (non-hydrogen) atoms. The molecule has 2 unspecified atom stereocenters. The monoisotopic (exact) mass is 401 g/mol. The van der Waals surface area contributed by atoms with Crippen molar-refractivity contribution in [2.24, 2.45) is 5.92 Å². The maximum Gasteiger partial charge on any atom is 0.228 e. The number of carbonyl (C=O) groups excluding carboxylic acids is 1. The second-order valence-corrected chi connectivity index (χ2v) is 7.50. The maximum atomic E-state index is 13.1. The van der Waals surface area contributed by atoms with Crippen LogP contribution in [0.2, 0.25) is 0 Å². The van der Waals surface area contributed by atoms with E-state index in [1.807, 2.05) is 59.3 Å². The molecule has 2 aromatic carbocycles. The zero-order valence-corrected chi connectivity index (χ0v) is 16.2. The molecular formula is C24H20FN3O2. The number of amides is 1. The average Bonchev–Trinajstić information content (AvgIpc) is 3.45. The minimum absolute atomic E-state index is 0.0261. The lowest BCUT2D eigenvalue weighted by Gasteiger charge is -2.08. The van der Waals surface area contributed by atoms with Gasteiger partial charge >= 0.3 is 0 Å². The van der Waals surface area contributed by atoms with Gasteiger partial charge in [0.05, 0.1) is 5.69 Å². The van der Waals surface area contributed by atoms with Crippen LogP contribution in [0.25, 0.3) is 5.65 Å². The molecule has 5 rings (SSSR count). The normalized spacial score (nSPS) is 17.6. The van der Waals surface area contributed by atoms with Gasteiger partial charge in [0.25, 0.3) is 0 Å². The van der Waals surface area contributed by atoms with Crippen LogP contribution in [0.15, 0.2) is 79.1 Å². The molecule has 1 N–H and O–H groups in total. The molecule has 1 amide bonds. The van der Waals surface area contributed by atoms with Gasteiger partial charge in [-0.2, -0.15) is 0 Å². The summed E-state index contributed by atoms with van der Waals surface area (Å²) in [4.78, 5) is 17.1. The fourth-order valence-electron chi connectivity index (χ4n) is 3.68. The lowest BCUT2D eigenvalue weighted by Crippen LogP contribution is -2.14. The van der Waals surface area contributed by atoms with Gasteiger partial charge in [-0.05, 0) is 54.3 Å². The van der Waals surface area contributed by atoms with Crippen molar-refractivity contribution in [3.8, 4) is 5.75 Å². The van der Waals surface area contributed by atoms with Crippen molar-refractivity contribution >= 4 is 17.2 Å². The number of ether oxygens (including phenoxy) is 1. The second kappa shape index (κ2) is 7.63. The summed E-state index contributed by atoms with van der Waals surface area (Å²) in [6.45, 7) is 0.342.